The average molecular weight is 325 g/mol. The van der Waals surface area contributed by atoms with Gasteiger partial charge in [0.1, 0.15) is 11.3 Å². The number of hydrogen-bond donors (Lipinski definition) is 2. The summed E-state index contributed by atoms with van der Waals surface area (Å²) in [5.41, 5.74) is 3.30. The van der Waals surface area contributed by atoms with E-state index in [1.165, 1.54) is 11.1 Å². The molecular formula is C18H23N5O. The number of benzene rings is 1. The van der Waals surface area contributed by atoms with Crippen LogP contribution < -0.4 is 10.6 Å². The molecule has 1 aromatic carbocycles. The summed E-state index contributed by atoms with van der Waals surface area (Å²) in [7, 11) is 3.69. The lowest BCUT2D eigenvalue weighted by Gasteiger charge is -2.10. The first-order chi connectivity index (χ1) is 11.7. The predicted octanol–water partition coefficient (Wildman–Crippen LogP) is 2.38. The monoisotopic (exact) mass is 325 g/mol. The molecule has 2 aromatic heterocycles. The third-order valence-corrected chi connectivity index (χ3v) is 4.05. The molecule has 0 amide bonds. The van der Waals surface area contributed by atoms with E-state index in [0.29, 0.717) is 6.54 Å². The summed E-state index contributed by atoms with van der Waals surface area (Å²) >= 11 is 0. The van der Waals surface area contributed by atoms with Crippen LogP contribution in [0.1, 0.15) is 16.9 Å². The maximum atomic E-state index is 5.91. The quantitative estimate of drug-likeness (QED) is 0.558. The zero-order valence-electron chi connectivity index (χ0n) is 14.3. The minimum absolute atomic E-state index is 0.604. The molecule has 2 heterocycles. The molecule has 3 aromatic rings. The fraction of sp³-hybridized carbons (Fsp3) is 0.333. The average Bonchev–Trinajstić information content (AvgIpc) is 3.15. The standard InChI is InChI=1S/C18H23N5O/c1-13-15-6-4-5-7-16(15)24-17(13)11-21-18(19-2)20-9-8-14-10-22-23(3)12-14/h4-7,10,12H,8-9,11H2,1-3H3,(H2,19,20,21). The van der Waals surface area contributed by atoms with E-state index < -0.39 is 0 Å². The topological polar surface area (TPSA) is 67.4 Å². The van der Waals surface area contributed by atoms with Crippen LogP contribution in [0.2, 0.25) is 0 Å². The van der Waals surface area contributed by atoms with E-state index in [0.717, 1.165) is 35.7 Å². The van der Waals surface area contributed by atoms with E-state index in [1.807, 2.05) is 42.3 Å². The first-order valence-corrected chi connectivity index (χ1v) is 8.06. The highest BCUT2D eigenvalue weighted by Gasteiger charge is 2.10. The molecule has 0 saturated heterocycles. The lowest BCUT2D eigenvalue weighted by Crippen LogP contribution is -2.37. The Hall–Kier alpha value is -2.76. The first-order valence-electron chi connectivity index (χ1n) is 8.06. The van der Waals surface area contributed by atoms with Crippen molar-refractivity contribution in [2.75, 3.05) is 13.6 Å². The second kappa shape index (κ2) is 7.21. The number of hydrogen-bond acceptors (Lipinski definition) is 3. The molecule has 0 bridgehead atoms. The molecule has 0 radical (unpaired) electrons. The number of para-hydroxylation sites is 1. The van der Waals surface area contributed by atoms with Crippen molar-refractivity contribution >= 4 is 16.9 Å². The number of nitrogens with zero attached hydrogens (tertiary/aromatic N) is 3. The molecule has 0 unspecified atom stereocenters. The van der Waals surface area contributed by atoms with Crippen molar-refractivity contribution in [2.45, 2.75) is 19.9 Å². The summed E-state index contributed by atoms with van der Waals surface area (Å²) in [5, 5.41) is 11.9. The Balaban J connectivity index is 1.54. The Kier molecular flexibility index (Phi) is 4.84. The molecule has 0 aliphatic heterocycles. The number of aryl methyl sites for hydroxylation is 2. The van der Waals surface area contributed by atoms with Crippen LogP contribution in [0.5, 0.6) is 0 Å². The van der Waals surface area contributed by atoms with Gasteiger partial charge < -0.3 is 15.1 Å². The highest BCUT2D eigenvalue weighted by molar-refractivity contribution is 5.82. The van der Waals surface area contributed by atoms with E-state index >= 15 is 0 Å². The van der Waals surface area contributed by atoms with Crippen molar-refractivity contribution in [3.8, 4) is 0 Å². The van der Waals surface area contributed by atoms with Gasteiger partial charge in [-0.1, -0.05) is 18.2 Å². The molecule has 0 fully saturated rings. The molecule has 24 heavy (non-hydrogen) atoms. The van der Waals surface area contributed by atoms with Crippen LogP contribution in [-0.4, -0.2) is 29.3 Å². The maximum absolute atomic E-state index is 5.91. The molecule has 6 heteroatoms. The summed E-state index contributed by atoms with van der Waals surface area (Å²) < 4.78 is 7.73. The van der Waals surface area contributed by atoms with Crippen molar-refractivity contribution in [3.05, 3.63) is 53.5 Å². The van der Waals surface area contributed by atoms with Crippen LogP contribution in [0.15, 0.2) is 46.1 Å². The third kappa shape index (κ3) is 3.59. The Bertz CT molecular complexity index is 846. The maximum Gasteiger partial charge on any atom is 0.191 e. The fourth-order valence-electron chi connectivity index (χ4n) is 2.70. The molecule has 0 aliphatic rings. The highest BCUT2D eigenvalue weighted by atomic mass is 16.3. The molecule has 126 valence electrons. The van der Waals surface area contributed by atoms with Gasteiger partial charge >= 0.3 is 0 Å². The van der Waals surface area contributed by atoms with Gasteiger partial charge in [-0.15, -0.1) is 0 Å². The van der Waals surface area contributed by atoms with Crippen molar-refractivity contribution < 1.29 is 4.42 Å². The van der Waals surface area contributed by atoms with Crippen LogP contribution in [0, 0.1) is 6.92 Å². The number of guanidine groups is 1. The minimum atomic E-state index is 0.604. The van der Waals surface area contributed by atoms with Crippen LogP contribution in [-0.2, 0) is 20.0 Å². The molecule has 3 rings (SSSR count). The number of rotatable bonds is 5. The van der Waals surface area contributed by atoms with Gasteiger partial charge in [-0.3, -0.25) is 9.67 Å². The van der Waals surface area contributed by atoms with Gasteiger partial charge in [-0.2, -0.15) is 5.10 Å². The lowest BCUT2D eigenvalue weighted by atomic mass is 10.1. The van der Waals surface area contributed by atoms with Gasteiger partial charge in [0.05, 0.1) is 12.7 Å². The van der Waals surface area contributed by atoms with E-state index in [4.69, 9.17) is 4.42 Å². The molecule has 2 N–H and O–H groups in total. The minimum Gasteiger partial charge on any atom is -0.459 e. The van der Waals surface area contributed by atoms with Crippen LogP contribution in [0.25, 0.3) is 11.0 Å². The molecular weight excluding hydrogens is 302 g/mol. The predicted molar refractivity (Wildman–Crippen MR) is 96.1 cm³/mol. The smallest absolute Gasteiger partial charge is 0.191 e. The van der Waals surface area contributed by atoms with Crippen molar-refractivity contribution in [3.63, 3.8) is 0 Å². The van der Waals surface area contributed by atoms with Gasteiger partial charge in [-0.05, 0) is 25.0 Å². The van der Waals surface area contributed by atoms with Gasteiger partial charge in [0, 0.05) is 37.8 Å². The van der Waals surface area contributed by atoms with Gasteiger partial charge in [-0.25, -0.2) is 0 Å². The summed E-state index contributed by atoms with van der Waals surface area (Å²) in [6, 6.07) is 8.09. The molecule has 6 nitrogen and oxygen atoms in total. The Labute approximate surface area is 141 Å². The fourth-order valence-corrected chi connectivity index (χ4v) is 2.70. The molecule has 0 aliphatic carbocycles. The summed E-state index contributed by atoms with van der Waals surface area (Å²) in [6.45, 7) is 3.49. The second-order valence-electron chi connectivity index (χ2n) is 5.77. The number of fused-ring (bicyclic) bond motifs is 1. The lowest BCUT2D eigenvalue weighted by molar-refractivity contribution is 0.534. The van der Waals surface area contributed by atoms with E-state index in [2.05, 4.69) is 33.7 Å². The van der Waals surface area contributed by atoms with Crippen LogP contribution >= 0.6 is 0 Å². The molecule has 0 spiro atoms. The third-order valence-electron chi connectivity index (χ3n) is 4.05. The van der Waals surface area contributed by atoms with Crippen LogP contribution in [0.4, 0.5) is 0 Å². The van der Waals surface area contributed by atoms with E-state index in [9.17, 15) is 0 Å². The summed E-state index contributed by atoms with van der Waals surface area (Å²) in [4.78, 5) is 4.26. The first kappa shape index (κ1) is 16.1. The molecule has 0 saturated carbocycles. The Morgan fingerprint density at radius 1 is 1.29 bits per heavy atom. The van der Waals surface area contributed by atoms with E-state index in [1.54, 1.807) is 7.05 Å². The zero-order chi connectivity index (χ0) is 16.9. The Morgan fingerprint density at radius 3 is 2.83 bits per heavy atom. The SMILES string of the molecule is CN=C(NCCc1cnn(C)c1)NCc1oc2ccccc2c1C. The normalized spacial score (nSPS) is 11.9. The number of aromatic nitrogens is 2. The van der Waals surface area contributed by atoms with Gasteiger partial charge in [0.2, 0.25) is 0 Å². The Morgan fingerprint density at radius 2 is 2.12 bits per heavy atom. The van der Waals surface area contributed by atoms with Crippen molar-refractivity contribution in [2.24, 2.45) is 12.0 Å². The summed E-state index contributed by atoms with van der Waals surface area (Å²) in [5.74, 6) is 1.70. The number of nitrogens with one attached hydrogen (secondary N) is 2. The van der Waals surface area contributed by atoms with Crippen molar-refractivity contribution in [1.29, 1.82) is 0 Å². The largest absolute Gasteiger partial charge is 0.459 e. The zero-order valence-corrected chi connectivity index (χ0v) is 14.3. The van der Waals surface area contributed by atoms with Crippen LogP contribution in [0.3, 0.4) is 0 Å². The number of aliphatic imine (C=N–C) groups is 1. The highest BCUT2D eigenvalue weighted by Crippen LogP contribution is 2.24. The second-order valence-corrected chi connectivity index (χ2v) is 5.77. The van der Waals surface area contributed by atoms with Gasteiger partial charge in [0.25, 0.3) is 0 Å². The summed E-state index contributed by atoms with van der Waals surface area (Å²) in [6.07, 6.45) is 4.81. The van der Waals surface area contributed by atoms with Gasteiger partial charge in [0.15, 0.2) is 5.96 Å². The van der Waals surface area contributed by atoms with Crippen molar-refractivity contribution in [1.82, 2.24) is 20.4 Å². The number of furan rings is 1. The van der Waals surface area contributed by atoms with E-state index in [-0.39, 0.29) is 0 Å². The molecule has 0 atom stereocenters.